The van der Waals surface area contributed by atoms with Gasteiger partial charge in [-0.2, -0.15) is 0 Å². The third-order valence-electron chi connectivity index (χ3n) is 2.38. The molecule has 100 valence electrons. The van der Waals surface area contributed by atoms with Gasteiger partial charge in [0.2, 0.25) is 0 Å². The minimum atomic E-state index is -0.247. The lowest BCUT2D eigenvalue weighted by Gasteiger charge is -2.03. The predicted molar refractivity (Wildman–Crippen MR) is 74.6 cm³/mol. The van der Waals surface area contributed by atoms with Gasteiger partial charge in [-0.1, -0.05) is 46.1 Å². The van der Waals surface area contributed by atoms with Gasteiger partial charge in [-0.05, 0) is 31.7 Å². The van der Waals surface area contributed by atoms with Crippen LogP contribution in [0.2, 0.25) is 0 Å². The predicted octanol–water partition coefficient (Wildman–Crippen LogP) is 3.05. The Morgan fingerprint density at radius 1 is 1.26 bits per heavy atom. The SMILES string of the molecule is CCSc1nnc(NC(=O)c2cc(C)cc(C)c2)o1. The van der Waals surface area contributed by atoms with Crippen LogP contribution >= 0.6 is 11.8 Å². The van der Waals surface area contributed by atoms with Crippen LogP contribution in [0.1, 0.15) is 28.4 Å². The number of nitrogens with zero attached hydrogens (tertiary/aromatic N) is 2. The summed E-state index contributed by atoms with van der Waals surface area (Å²) in [4.78, 5) is 12.0. The maximum Gasteiger partial charge on any atom is 0.323 e. The fourth-order valence-electron chi connectivity index (χ4n) is 1.72. The first kappa shape index (κ1) is 13.6. The topological polar surface area (TPSA) is 68.0 Å². The molecule has 0 saturated heterocycles. The normalized spacial score (nSPS) is 10.5. The molecule has 0 aliphatic rings. The molecule has 0 saturated carbocycles. The van der Waals surface area contributed by atoms with Crippen LogP contribution in [0.15, 0.2) is 27.8 Å². The lowest BCUT2D eigenvalue weighted by Crippen LogP contribution is -2.12. The van der Waals surface area contributed by atoms with E-state index in [-0.39, 0.29) is 11.9 Å². The minimum Gasteiger partial charge on any atom is -0.398 e. The van der Waals surface area contributed by atoms with Crippen LogP contribution in [0.25, 0.3) is 0 Å². The van der Waals surface area contributed by atoms with E-state index in [0.29, 0.717) is 10.8 Å². The van der Waals surface area contributed by atoms with Crippen molar-refractivity contribution in [2.75, 3.05) is 11.1 Å². The molecule has 0 atom stereocenters. The van der Waals surface area contributed by atoms with Crippen molar-refractivity contribution in [3.05, 3.63) is 34.9 Å². The Labute approximate surface area is 115 Å². The Balaban J connectivity index is 2.11. The van der Waals surface area contributed by atoms with Gasteiger partial charge in [0.15, 0.2) is 0 Å². The van der Waals surface area contributed by atoms with Crippen molar-refractivity contribution in [3.8, 4) is 0 Å². The Morgan fingerprint density at radius 3 is 2.58 bits per heavy atom. The number of hydrogen-bond donors (Lipinski definition) is 1. The molecule has 1 heterocycles. The highest BCUT2D eigenvalue weighted by molar-refractivity contribution is 7.99. The summed E-state index contributed by atoms with van der Waals surface area (Å²) in [5, 5.41) is 10.7. The van der Waals surface area contributed by atoms with Crippen molar-refractivity contribution in [1.29, 1.82) is 0 Å². The molecule has 0 aliphatic heterocycles. The van der Waals surface area contributed by atoms with Gasteiger partial charge in [0.05, 0.1) is 0 Å². The van der Waals surface area contributed by atoms with E-state index in [2.05, 4.69) is 15.5 Å². The Morgan fingerprint density at radius 2 is 1.95 bits per heavy atom. The molecule has 0 spiro atoms. The zero-order valence-corrected chi connectivity index (χ0v) is 11.9. The molecule has 5 nitrogen and oxygen atoms in total. The van der Waals surface area contributed by atoms with Gasteiger partial charge in [0, 0.05) is 5.56 Å². The number of rotatable bonds is 4. The summed E-state index contributed by atoms with van der Waals surface area (Å²) >= 11 is 1.43. The first-order valence-electron chi connectivity index (χ1n) is 5.94. The smallest absolute Gasteiger partial charge is 0.323 e. The number of anilines is 1. The molecule has 1 aromatic heterocycles. The largest absolute Gasteiger partial charge is 0.398 e. The standard InChI is InChI=1S/C13H15N3O2S/c1-4-19-13-16-15-12(18-13)14-11(17)10-6-8(2)5-9(3)7-10/h5-7H,4H2,1-3H3,(H,14,15,17). The highest BCUT2D eigenvalue weighted by Gasteiger charge is 2.12. The van der Waals surface area contributed by atoms with Crippen molar-refractivity contribution in [2.45, 2.75) is 26.0 Å². The van der Waals surface area contributed by atoms with Crippen LogP contribution in [0, 0.1) is 13.8 Å². The van der Waals surface area contributed by atoms with E-state index in [1.54, 1.807) is 0 Å². The highest BCUT2D eigenvalue weighted by atomic mass is 32.2. The molecule has 1 amide bonds. The summed E-state index contributed by atoms with van der Waals surface area (Å²) in [5.74, 6) is 0.593. The van der Waals surface area contributed by atoms with Gasteiger partial charge >= 0.3 is 6.01 Å². The summed E-state index contributed by atoms with van der Waals surface area (Å²) in [6, 6.07) is 5.78. The molecule has 19 heavy (non-hydrogen) atoms. The second-order valence-corrected chi connectivity index (χ2v) is 5.35. The van der Waals surface area contributed by atoms with Gasteiger partial charge in [0.25, 0.3) is 11.1 Å². The van der Waals surface area contributed by atoms with E-state index in [1.165, 1.54) is 11.8 Å². The minimum absolute atomic E-state index is 0.125. The van der Waals surface area contributed by atoms with E-state index in [1.807, 2.05) is 39.0 Å². The van der Waals surface area contributed by atoms with Gasteiger partial charge in [0.1, 0.15) is 0 Å². The molecule has 6 heteroatoms. The van der Waals surface area contributed by atoms with E-state index >= 15 is 0 Å². The molecule has 0 fully saturated rings. The molecular formula is C13H15N3O2S. The number of carbonyl (C=O) groups excluding carboxylic acids is 1. The fourth-order valence-corrected chi connectivity index (χ4v) is 2.20. The van der Waals surface area contributed by atoms with Gasteiger partial charge < -0.3 is 4.42 Å². The van der Waals surface area contributed by atoms with Gasteiger partial charge in [-0.3, -0.25) is 10.1 Å². The number of carbonyl (C=O) groups is 1. The molecular weight excluding hydrogens is 262 g/mol. The number of nitrogens with one attached hydrogen (secondary N) is 1. The summed E-state index contributed by atoms with van der Waals surface area (Å²) < 4.78 is 5.29. The number of hydrogen-bond acceptors (Lipinski definition) is 5. The van der Waals surface area contributed by atoms with E-state index in [4.69, 9.17) is 4.42 Å². The maximum absolute atomic E-state index is 12.0. The third kappa shape index (κ3) is 3.57. The lowest BCUT2D eigenvalue weighted by molar-refractivity contribution is 0.102. The summed E-state index contributed by atoms with van der Waals surface area (Å²) in [6.45, 7) is 5.89. The molecule has 0 radical (unpaired) electrons. The molecule has 0 aliphatic carbocycles. The number of aromatic nitrogens is 2. The summed E-state index contributed by atoms with van der Waals surface area (Å²) in [6.07, 6.45) is 0. The van der Waals surface area contributed by atoms with Crippen molar-refractivity contribution >= 4 is 23.7 Å². The quantitative estimate of drug-likeness (QED) is 0.870. The van der Waals surface area contributed by atoms with Crippen molar-refractivity contribution in [3.63, 3.8) is 0 Å². The summed E-state index contributed by atoms with van der Waals surface area (Å²) in [5.41, 5.74) is 2.66. The molecule has 2 rings (SSSR count). The number of thioether (sulfide) groups is 1. The van der Waals surface area contributed by atoms with E-state index in [9.17, 15) is 4.79 Å². The van der Waals surface area contributed by atoms with Crippen molar-refractivity contribution < 1.29 is 9.21 Å². The second-order valence-electron chi connectivity index (χ2n) is 4.14. The monoisotopic (exact) mass is 277 g/mol. The zero-order valence-electron chi connectivity index (χ0n) is 11.1. The van der Waals surface area contributed by atoms with Crippen LogP contribution < -0.4 is 5.32 Å². The van der Waals surface area contributed by atoms with Crippen LogP contribution in [0.5, 0.6) is 0 Å². The summed E-state index contributed by atoms with van der Waals surface area (Å²) in [7, 11) is 0. The van der Waals surface area contributed by atoms with Crippen molar-refractivity contribution in [2.24, 2.45) is 0 Å². The number of aryl methyl sites for hydroxylation is 2. The third-order valence-corrected chi connectivity index (χ3v) is 3.08. The molecule has 0 bridgehead atoms. The average molecular weight is 277 g/mol. The second kappa shape index (κ2) is 5.88. The average Bonchev–Trinajstić information content (AvgIpc) is 2.76. The van der Waals surface area contributed by atoms with E-state index in [0.717, 1.165) is 16.9 Å². The van der Waals surface area contributed by atoms with Crippen molar-refractivity contribution in [1.82, 2.24) is 10.2 Å². The van der Waals surface area contributed by atoms with Crippen LogP contribution in [0.4, 0.5) is 6.01 Å². The Kier molecular flexibility index (Phi) is 4.21. The van der Waals surface area contributed by atoms with Gasteiger partial charge in [-0.25, -0.2) is 0 Å². The van der Waals surface area contributed by atoms with E-state index < -0.39 is 0 Å². The van der Waals surface area contributed by atoms with Crippen LogP contribution in [0.3, 0.4) is 0 Å². The number of amides is 1. The van der Waals surface area contributed by atoms with Crippen LogP contribution in [-0.2, 0) is 0 Å². The zero-order chi connectivity index (χ0) is 13.8. The molecule has 1 aromatic carbocycles. The first-order chi connectivity index (χ1) is 9.08. The molecule has 1 N–H and O–H groups in total. The van der Waals surface area contributed by atoms with Gasteiger partial charge in [-0.15, -0.1) is 0 Å². The lowest BCUT2D eigenvalue weighted by atomic mass is 10.1. The Hall–Kier alpha value is -1.82. The fraction of sp³-hybridized carbons (Fsp3) is 0.308. The molecule has 2 aromatic rings. The molecule has 0 unspecified atom stereocenters. The maximum atomic E-state index is 12.0. The number of benzene rings is 1. The first-order valence-corrected chi connectivity index (χ1v) is 6.93. The highest BCUT2D eigenvalue weighted by Crippen LogP contribution is 2.18. The van der Waals surface area contributed by atoms with Crippen LogP contribution in [-0.4, -0.2) is 21.9 Å². The Bertz CT molecular complexity index is 575.